The van der Waals surface area contributed by atoms with Gasteiger partial charge in [0.15, 0.2) is 0 Å². The third-order valence-electron chi connectivity index (χ3n) is 5.05. The number of rotatable bonds is 12. The van der Waals surface area contributed by atoms with Crippen molar-refractivity contribution in [3.63, 3.8) is 0 Å². The number of ether oxygens (including phenoxy) is 1. The Kier molecular flexibility index (Phi) is 9.79. The van der Waals surface area contributed by atoms with E-state index < -0.39 is 24.3 Å². The minimum atomic E-state index is -2.59. The summed E-state index contributed by atoms with van der Waals surface area (Å²) in [5, 5.41) is 9.28. The number of methoxy groups -OCH3 is 1. The molecule has 0 radical (unpaired) electrons. The summed E-state index contributed by atoms with van der Waals surface area (Å²) in [5.41, 5.74) is 0.331. The molecule has 0 unspecified atom stereocenters. The molecule has 0 spiro atoms. The van der Waals surface area contributed by atoms with Gasteiger partial charge in [-0.05, 0) is 0 Å². The van der Waals surface area contributed by atoms with Crippen LogP contribution in [0.15, 0.2) is 18.2 Å². The van der Waals surface area contributed by atoms with Crippen molar-refractivity contribution in [3.8, 4) is 5.75 Å². The third-order valence-corrected chi connectivity index (χ3v) is 20.7. The van der Waals surface area contributed by atoms with Gasteiger partial charge in [0.2, 0.25) is 0 Å². The Balaban J connectivity index is 3.34. The van der Waals surface area contributed by atoms with Gasteiger partial charge in [-0.25, -0.2) is 0 Å². The van der Waals surface area contributed by atoms with Crippen molar-refractivity contribution in [2.45, 2.75) is 72.6 Å². The zero-order chi connectivity index (χ0) is 18.0. The predicted octanol–water partition coefficient (Wildman–Crippen LogP) is 5.45. The van der Waals surface area contributed by atoms with Crippen LogP contribution in [-0.2, 0) is 0 Å². The first kappa shape index (κ1) is 21.3. The monoisotopic (exact) mass is 442 g/mol. The number of carboxylic acids is 1. The molecule has 0 aliphatic heterocycles. The van der Waals surface area contributed by atoms with Crippen LogP contribution in [0.3, 0.4) is 0 Å². The van der Waals surface area contributed by atoms with E-state index in [4.69, 9.17) is 4.74 Å². The summed E-state index contributed by atoms with van der Waals surface area (Å²) in [6.45, 7) is 6.79. The van der Waals surface area contributed by atoms with Crippen molar-refractivity contribution >= 4 is 27.9 Å². The Bertz CT molecular complexity index is 492. The first-order valence-electron chi connectivity index (χ1n) is 9.46. The van der Waals surface area contributed by atoms with E-state index >= 15 is 0 Å². The maximum atomic E-state index is 11.3. The van der Waals surface area contributed by atoms with Crippen LogP contribution in [0.2, 0.25) is 13.3 Å². The molecule has 0 heterocycles. The van der Waals surface area contributed by atoms with Crippen LogP contribution in [0.4, 0.5) is 0 Å². The van der Waals surface area contributed by atoms with Gasteiger partial charge in [-0.3, -0.25) is 0 Å². The molecule has 0 aliphatic carbocycles. The molecule has 0 saturated heterocycles. The quantitative estimate of drug-likeness (QED) is 0.439. The van der Waals surface area contributed by atoms with Crippen LogP contribution in [-0.4, -0.2) is 36.6 Å². The minimum absolute atomic E-state index is 0.331. The standard InChI is InChI=1S/C8H7O3.3C4H9.Sn/c1-11-7-4-2-3-6(5-7)8(9)10;3*1-3-4-2;/h2-3,5H,1H3,(H,9,10);3*1,3-4H2,2H3;. The van der Waals surface area contributed by atoms with Crippen molar-refractivity contribution in [2.75, 3.05) is 7.11 Å². The molecule has 0 amide bonds. The first-order valence-corrected chi connectivity index (χ1v) is 16.9. The van der Waals surface area contributed by atoms with Crippen LogP contribution in [0.1, 0.15) is 69.7 Å². The van der Waals surface area contributed by atoms with Gasteiger partial charge in [0, 0.05) is 0 Å². The number of unbranched alkanes of at least 4 members (excludes halogenated alkanes) is 3. The van der Waals surface area contributed by atoms with Gasteiger partial charge in [0.1, 0.15) is 0 Å². The molecule has 0 bridgehead atoms. The van der Waals surface area contributed by atoms with Crippen molar-refractivity contribution < 1.29 is 14.6 Å². The summed E-state index contributed by atoms with van der Waals surface area (Å²) in [4.78, 5) is 11.3. The van der Waals surface area contributed by atoms with Crippen LogP contribution in [0, 0.1) is 0 Å². The number of benzene rings is 1. The second-order valence-corrected chi connectivity index (χ2v) is 19.9. The zero-order valence-electron chi connectivity index (χ0n) is 15.9. The SMILES string of the molecule is CCC[CH2][Sn]([CH2]CCC)([CH2]CCC)[c]1ccc(C(=O)O)cc1OC. The Morgan fingerprint density at radius 1 is 1.00 bits per heavy atom. The fourth-order valence-corrected chi connectivity index (χ4v) is 20.1. The zero-order valence-corrected chi connectivity index (χ0v) is 18.7. The summed E-state index contributed by atoms with van der Waals surface area (Å²) in [6.07, 6.45) is 7.54. The molecule has 1 aromatic rings. The fraction of sp³-hybridized carbons (Fsp3) is 0.650. The van der Waals surface area contributed by atoms with Crippen molar-refractivity contribution in [2.24, 2.45) is 0 Å². The first-order chi connectivity index (χ1) is 11.5. The average molecular weight is 441 g/mol. The number of aromatic carboxylic acids is 1. The molecule has 4 heteroatoms. The summed E-state index contributed by atoms with van der Waals surface area (Å²) < 4.78 is 11.1. The summed E-state index contributed by atoms with van der Waals surface area (Å²) in [6, 6.07) is 5.63. The second-order valence-electron chi connectivity index (χ2n) is 6.81. The molecule has 1 rings (SSSR count). The number of carbonyl (C=O) groups is 1. The van der Waals surface area contributed by atoms with E-state index in [0.717, 1.165) is 5.75 Å². The molecule has 0 aliphatic rings. The van der Waals surface area contributed by atoms with Crippen molar-refractivity contribution in [1.29, 1.82) is 0 Å². The molecule has 1 N–H and O–H groups in total. The van der Waals surface area contributed by atoms with Gasteiger partial charge in [-0.15, -0.1) is 0 Å². The van der Waals surface area contributed by atoms with Gasteiger partial charge in [0.05, 0.1) is 0 Å². The van der Waals surface area contributed by atoms with E-state index in [1.165, 1.54) is 55.4 Å². The van der Waals surface area contributed by atoms with Crippen LogP contribution >= 0.6 is 0 Å². The molecule has 0 aromatic heterocycles. The number of carboxylic acid groups (broad SMARTS) is 1. The van der Waals surface area contributed by atoms with Crippen LogP contribution in [0.5, 0.6) is 5.75 Å². The van der Waals surface area contributed by atoms with Crippen molar-refractivity contribution in [3.05, 3.63) is 23.8 Å². The number of hydrogen-bond acceptors (Lipinski definition) is 2. The van der Waals surface area contributed by atoms with E-state index in [9.17, 15) is 9.90 Å². The van der Waals surface area contributed by atoms with E-state index in [1.807, 2.05) is 0 Å². The Morgan fingerprint density at radius 3 is 1.88 bits per heavy atom. The van der Waals surface area contributed by atoms with Gasteiger partial charge >= 0.3 is 152 Å². The molecule has 0 atom stereocenters. The van der Waals surface area contributed by atoms with E-state index in [-0.39, 0.29) is 0 Å². The number of hydrogen-bond donors (Lipinski definition) is 1. The Hall–Kier alpha value is -0.711. The van der Waals surface area contributed by atoms with Gasteiger partial charge in [-0.2, -0.15) is 0 Å². The van der Waals surface area contributed by atoms with Crippen molar-refractivity contribution in [1.82, 2.24) is 0 Å². The normalized spacial score (nSPS) is 11.5. The predicted molar refractivity (Wildman–Crippen MR) is 104 cm³/mol. The fourth-order valence-electron chi connectivity index (χ4n) is 3.59. The molecular weight excluding hydrogens is 407 g/mol. The molecule has 3 nitrogen and oxygen atoms in total. The Labute approximate surface area is 151 Å². The van der Waals surface area contributed by atoms with Gasteiger partial charge in [0.25, 0.3) is 0 Å². The Morgan fingerprint density at radius 2 is 1.50 bits per heavy atom. The summed E-state index contributed by atoms with van der Waals surface area (Å²) >= 11 is -2.59. The molecule has 1 aromatic carbocycles. The van der Waals surface area contributed by atoms with Crippen LogP contribution < -0.4 is 8.32 Å². The van der Waals surface area contributed by atoms with Crippen LogP contribution in [0.25, 0.3) is 0 Å². The maximum absolute atomic E-state index is 11.3. The van der Waals surface area contributed by atoms with E-state index in [2.05, 4.69) is 26.8 Å². The summed E-state index contributed by atoms with van der Waals surface area (Å²) in [5.74, 6) is -0.0506. The topological polar surface area (TPSA) is 46.5 Å². The second kappa shape index (κ2) is 11.0. The van der Waals surface area contributed by atoms with E-state index in [0.29, 0.717) is 5.56 Å². The average Bonchev–Trinajstić information content (AvgIpc) is 2.61. The molecule has 0 fully saturated rings. The molecular formula is C20H34O3Sn. The molecule has 0 saturated carbocycles. The third kappa shape index (κ3) is 5.68. The molecule has 24 heavy (non-hydrogen) atoms. The van der Waals surface area contributed by atoms with Gasteiger partial charge < -0.3 is 0 Å². The van der Waals surface area contributed by atoms with E-state index in [1.54, 1.807) is 19.2 Å². The van der Waals surface area contributed by atoms with Gasteiger partial charge in [-0.1, -0.05) is 0 Å². The summed E-state index contributed by atoms with van der Waals surface area (Å²) in [7, 11) is 1.68. The molecule has 136 valence electrons.